The minimum atomic E-state index is -0.673. The van der Waals surface area contributed by atoms with Gasteiger partial charge >= 0.3 is 5.97 Å². The van der Waals surface area contributed by atoms with E-state index in [1.54, 1.807) is 4.90 Å². The van der Waals surface area contributed by atoms with Crippen LogP contribution in [0, 0.1) is 18.8 Å². The fourth-order valence-electron chi connectivity index (χ4n) is 4.21. The van der Waals surface area contributed by atoms with E-state index in [1.165, 1.54) is 5.56 Å². The van der Waals surface area contributed by atoms with Gasteiger partial charge in [-0.25, -0.2) is 0 Å². The normalized spacial score (nSPS) is 32.6. The molecule has 4 atom stereocenters. The van der Waals surface area contributed by atoms with Crippen LogP contribution in [0.5, 0.6) is 0 Å². The van der Waals surface area contributed by atoms with Gasteiger partial charge in [0.25, 0.3) is 0 Å². The second-order valence-electron chi connectivity index (χ2n) is 7.57. The molecule has 0 N–H and O–H groups in total. The van der Waals surface area contributed by atoms with Gasteiger partial charge in [0.15, 0.2) is 0 Å². The summed E-state index contributed by atoms with van der Waals surface area (Å²) in [6, 6.07) is 8.15. The quantitative estimate of drug-likeness (QED) is 0.622. The lowest BCUT2D eigenvalue weighted by Crippen LogP contribution is -2.40. The predicted molar refractivity (Wildman–Crippen MR) is 91.5 cm³/mol. The average Bonchev–Trinajstić information content (AvgIpc) is 3.18. The van der Waals surface area contributed by atoms with E-state index in [-0.39, 0.29) is 24.1 Å². The molecule has 0 radical (unpaired) electrons. The summed E-state index contributed by atoms with van der Waals surface area (Å²) >= 11 is 0. The fraction of sp³-hybridized carbons (Fsp3) is 0.500. The molecule has 5 nitrogen and oxygen atoms in total. The van der Waals surface area contributed by atoms with Gasteiger partial charge in [-0.05, 0) is 26.3 Å². The molecule has 4 rings (SSSR count). The largest absolute Gasteiger partial charge is 0.463 e. The van der Waals surface area contributed by atoms with Gasteiger partial charge in [-0.1, -0.05) is 42.0 Å². The third-order valence-corrected chi connectivity index (χ3v) is 5.30. The summed E-state index contributed by atoms with van der Waals surface area (Å²) in [5, 5.41) is 0. The lowest BCUT2D eigenvalue weighted by Gasteiger charge is -2.23. The highest BCUT2D eigenvalue weighted by Gasteiger charge is 2.67. The molecule has 0 unspecified atom stereocenters. The van der Waals surface area contributed by atoms with Crippen molar-refractivity contribution in [2.75, 3.05) is 6.54 Å². The Morgan fingerprint density at radius 1 is 1.36 bits per heavy atom. The molecular weight excluding hydrogens is 318 g/mol. The smallest absolute Gasteiger partial charge is 0.313 e. The van der Waals surface area contributed by atoms with Gasteiger partial charge in [0.05, 0.1) is 24.7 Å². The van der Waals surface area contributed by atoms with Crippen molar-refractivity contribution < 1.29 is 19.1 Å². The number of carbonyl (C=O) groups is 2. The highest BCUT2D eigenvalue weighted by Crippen LogP contribution is 2.52. The molecule has 25 heavy (non-hydrogen) atoms. The summed E-state index contributed by atoms with van der Waals surface area (Å²) in [6.45, 7) is 6.69. The van der Waals surface area contributed by atoms with Crippen molar-refractivity contribution in [3.05, 3.63) is 47.5 Å². The first kappa shape index (κ1) is 16.3. The van der Waals surface area contributed by atoms with Crippen LogP contribution in [0.1, 0.15) is 25.0 Å². The number of nitrogens with zero attached hydrogens (tertiary/aromatic N) is 1. The van der Waals surface area contributed by atoms with Crippen LogP contribution in [0.25, 0.3) is 0 Å². The molecule has 1 spiro atoms. The molecule has 0 aromatic heterocycles. The number of likely N-dealkylation sites (tertiary alicyclic amines) is 1. The molecule has 3 aliphatic rings. The Bertz CT molecular complexity index is 739. The van der Waals surface area contributed by atoms with Crippen molar-refractivity contribution in [3.8, 4) is 0 Å². The predicted octanol–water partition coefficient (Wildman–Crippen LogP) is 2.23. The van der Waals surface area contributed by atoms with E-state index in [2.05, 4.69) is 0 Å². The molecule has 2 fully saturated rings. The van der Waals surface area contributed by atoms with Gasteiger partial charge < -0.3 is 14.4 Å². The number of fused-ring (bicyclic) bond motifs is 1. The Kier molecular flexibility index (Phi) is 3.72. The van der Waals surface area contributed by atoms with Crippen LogP contribution < -0.4 is 0 Å². The monoisotopic (exact) mass is 341 g/mol. The third-order valence-electron chi connectivity index (χ3n) is 5.30. The number of hydrogen-bond donors (Lipinski definition) is 0. The molecule has 1 aromatic carbocycles. The Balaban J connectivity index is 1.57. The van der Waals surface area contributed by atoms with Crippen molar-refractivity contribution in [3.63, 3.8) is 0 Å². The van der Waals surface area contributed by atoms with Crippen LogP contribution in [0.2, 0.25) is 0 Å². The number of benzene rings is 1. The van der Waals surface area contributed by atoms with Gasteiger partial charge in [-0.2, -0.15) is 0 Å². The summed E-state index contributed by atoms with van der Waals surface area (Å²) in [7, 11) is 0. The number of rotatable bonds is 4. The first-order valence-corrected chi connectivity index (χ1v) is 8.82. The van der Waals surface area contributed by atoms with Crippen LogP contribution in [0.3, 0.4) is 0 Å². The van der Waals surface area contributed by atoms with Gasteiger partial charge in [0.2, 0.25) is 5.91 Å². The van der Waals surface area contributed by atoms with Crippen molar-refractivity contribution in [2.45, 2.75) is 45.1 Å². The molecule has 2 bridgehead atoms. The molecule has 5 heteroatoms. The zero-order valence-electron chi connectivity index (χ0n) is 14.8. The lowest BCUT2D eigenvalue weighted by atomic mass is 9.77. The van der Waals surface area contributed by atoms with E-state index in [9.17, 15) is 9.59 Å². The van der Waals surface area contributed by atoms with Crippen molar-refractivity contribution >= 4 is 11.9 Å². The first-order chi connectivity index (χ1) is 11.9. The molecule has 3 heterocycles. The Labute approximate surface area is 147 Å². The zero-order valence-corrected chi connectivity index (χ0v) is 14.8. The number of ether oxygens (including phenoxy) is 2. The van der Waals surface area contributed by atoms with Gasteiger partial charge in [0, 0.05) is 6.54 Å². The maximum absolute atomic E-state index is 13.0. The summed E-state index contributed by atoms with van der Waals surface area (Å²) < 4.78 is 11.5. The number of aryl methyl sites for hydroxylation is 1. The molecule has 1 amide bonds. The summed E-state index contributed by atoms with van der Waals surface area (Å²) in [5.41, 5.74) is 1.59. The van der Waals surface area contributed by atoms with E-state index >= 15 is 0 Å². The van der Waals surface area contributed by atoms with Crippen LogP contribution in [0.4, 0.5) is 0 Å². The third kappa shape index (κ3) is 2.58. The van der Waals surface area contributed by atoms with E-state index < -0.39 is 17.4 Å². The number of amides is 1. The number of esters is 1. The minimum Gasteiger partial charge on any atom is -0.463 e. The minimum absolute atomic E-state index is 0.0156. The van der Waals surface area contributed by atoms with Gasteiger partial charge in [-0.3, -0.25) is 9.59 Å². The molecule has 0 saturated carbocycles. The summed E-state index contributed by atoms with van der Waals surface area (Å²) in [6.07, 6.45) is 3.33. The van der Waals surface area contributed by atoms with Crippen LogP contribution in [-0.4, -0.2) is 41.1 Å². The molecule has 0 aliphatic carbocycles. The molecule has 132 valence electrons. The number of hydrogen-bond acceptors (Lipinski definition) is 4. The van der Waals surface area contributed by atoms with E-state index in [0.717, 1.165) is 5.56 Å². The molecule has 3 aliphatic heterocycles. The van der Waals surface area contributed by atoms with E-state index in [4.69, 9.17) is 9.47 Å². The van der Waals surface area contributed by atoms with Crippen molar-refractivity contribution in [1.82, 2.24) is 4.90 Å². The first-order valence-electron chi connectivity index (χ1n) is 8.82. The molecule has 2 saturated heterocycles. The van der Waals surface area contributed by atoms with E-state index in [1.807, 2.05) is 57.2 Å². The molecule has 1 aromatic rings. The highest BCUT2D eigenvalue weighted by molar-refractivity contribution is 5.91. The second-order valence-corrected chi connectivity index (χ2v) is 7.57. The zero-order chi connectivity index (χ0) is 17.8. The average molecular weight is 341 g/mol. The number of carbonyl (C=O) groups excluding carboxylic acids is 2. The topological polar surface area (TPSA) is 55.8 Å². The fourth-order valence-corrected chi connectivity index (χ4v) is 4.21. The van der Waals surface area contributed by atoms with Crippen LogP contribution in [-0.2, 0) is 25.6 Å². The Morgan fingerprint density at radius 2 is 2.08 bits per heavy atom. The SMILES string of the molecule is Cc1ccc(CN2C[C@@]34C=C[C@@H](O3)[C@H](C(=O)OC(C)C)[C@@H]4C2=O)cc1. The van der Waals surface area contributed by atoms with E-state index in [0.29, 0.717) is 13.1 Å². The van der Waals surface area contributed by atoms with Crippen molar-refractivity contribution in [1.29, 1.82) is 0 Å². The maximum Gasteiger partial charge on any atom is 0.313 e. The van der Waals surface area contributed by atoms with Crippen LogP contribution in [0.15, 0.2) is 36.4 Å². The molecular formula is C20H23NO4. The van der Waals surface area contributed by atoms with Crippen molar-refractivity contribution in [2.24, 2.45) is 11.8 Å². The van der Waals surface area contributed by atoms with Gasteiger partial charge in [0.1, 0.15) is 11.5 Å². The summed E-state index contributed by atoms with van der Waals surface area (Å²) in [4.78, 5) is 27.4. The maximum atomic E-state index is 13.0. The van der Waals surface area contributed by atoms with Gasteiger partial charge in [-0.15, -0.1) is 0 Å². The Morgan fingerprint density at radius 3 is 2.76 bits per heavy atom. The summed E-state index contributed by atoms with van der Waals surface area (Å²) in [5.74, 6) is -1.36. The Hall–Kier alpha value is -2.14. The highest BCUT2D eigenvalue weighted by atomic mass is 16.6. The standard InChI is InChI=1S/C20H23NO4/c1-12(2)24-19(23)16-15-8-9-20(25-15)11-21(18(22)17(16)20)10-14-6-4-13(3)5-7-14/h4-9,12,15-17H,10-11H2,1-3H3/t15-,16+,17-,20-/m1/s1. The van der Waals surface area contributed by atoms with Crippen LogP contribution >= 0.6 is 0 Å². The second kappa shape index (κ2) is 5.70. The lowest BCUT2D eigenvalue weighted by molar-refractivity contribution is -0.157.